The fourth-order valence-electron chi connectivity index (χ4n) is 2.02. The van der Waals surface area contributed by atoms with Crippen molar-refractivity contribution in [3.8, 4) is 5.75 Å². The predicted octanol–water partition coefficient (Wildman–Crippen LogP) is 6.26. The van der Waals surface area contributed by atoms with E-state index in [9.17, 15) is 9.59 Å². The number of ether oxygens (including phenoxy) is 1. The molecule has 6 heteroatoms. The molecule has 31 heavy (non-hydrogen) atoms. The summed E-state index contributed by atoms with van der Waals surface area (Å²) < 4.78 is 7.78. The molecule has 172 valence electrons. The number of carbonyl (C=O) groups is 1. The van der Waals surface area contributed by atoms with E-state index in [2.05, 4.69) is 47.3 Å². The minimum absolute atomic E-state index is 0.0857. The Morgan fingerprint density at radius 2 is 1.81 bits per heavy atom. The molecule has 2 N–H and O–H groups in total. The number of nitrogens with zero attached hydrogens (tertiary/aromatic N) is 1. The Labute approximate surface area is 195 Å². The Morgan fingerprint density at radius 1 is 1.23 bits per heavy atom. The molecule has 0 aliphatic rings. The van der Waals surface area contributed by atoms with E-state index in [1.165, 1.54) is 6.92 Å². The Bertz CT molecular complexity index is 811. The third-order valence-corrected chi connectivity index (χ3v) is 4.08. The summed E-state index contributed by atoms with van der Waals surface area (Å²) in [7, 11) is 0. The Balaban J connectivity index is 0. The van der Waals surface area contributed by atoms with Gasteiger partial charge in [0, 0.05) is 19.7 Å². The number of nitrogens with two attached hydrogens (primary N) is 1. The maximum Gasteiger partial charge on any atom is 0.268 e. The summed E-state index contributed by atoms with van der Waals surface area (Å²) in [6, 6.07) is 11.7. The van der Waals surface area contributed by atoms with Gasteiger partial charge in [0.2, 0.25) is 5.91 Å². The second kappa shape index (κ2) is 20.7. The first kappa shape index (κ1) is 30.6. The highest BCUT2D eigenvalue weighted by molar-refractivity contribution is 9.10. The van der Waals surface area contributed by atoms with Crippen molar-refractivity contribution >= 4 is 21.8 Å². The molecule has 2 rings (SSSR count). The molecule has 0 atom stereocenters. The van der Waals surface area contributed by atoms with E-state index in [0.717, 1.165) is 18.4 Å². The summed E-state index contributed by atoms with van der Waals surface area (Å²) in [5.41, 5.74) is 5.45. The lowest BCUT2D eigenvalue weighted by Gasteiger charge is -2.10. The molecule has 0 fully saturated rings. The van der Waals surface area contributed by atoms with Crippen LogP contribution in [-0.4, -0.2) is 10.5 Å². The molecule has 1 aromatic heterocycles. The SMILES string of the molecule is C/C=C\CC.C=CCCn1ccc(OCc2ccccc2)c(Br)c1=O.CC.CC(N)=O. The standard InChI is InChI=1S/C16H16BrNO2.C5H10.C2H5NO.C2H6/c1-2-3-10-18-11-9-14(15(17)16(18)19)20-12-13-7-5-4-6-8-13;1-3-5-4-2;1-2(3)4;1-2/h2,4-9,11H,1,3,10,12H2;3,5H,4H2,1-2H3;1H3,(H2,3,4);1-2H3/b;5-3-;;. The lowest BCUT2D eigenvalue weighted by molar-refractivity contribution is -0.115. The molecule has 0 saturated carbocycles. The molecule has 0 saturated heterocycles. The van der Waals surface area contributed by atoms with Crippen LogP contribution in [-0.2, 0) is 17.9 Å². The number of aryl methyl sites for hydroxylation is 1. The second-order valence-corrected chi connectivity index (χ2v) is 6.73. The molecule has 0 radical (unpaired) electrons. The summed E-state index contributed by atoms with van der Waals surface area (Å²) >= 11 is 3.31. The van der Waals surface area contributed by atoms with E-state index in [1.54, 1.807) is 22.9 Å². The summed E-state index contributed by atoms with van der Waals surface area (Å²) in [4.78, 5) is 21.3. The molecule has 0 bridgehead atoms. The topological polar surface area (TPSA) is 74.3 Å². The number of hydrogen-bond acceptors (Lipinski definition) is 3. The first-order valence-electron chi connectivity index (χ1n) is 10.4. The minimum atomic E-state index is -0.333. The molecule has 0 aliphatic heterocycles. The van der Waals surface area contributed by atoms with Gasteiger partial charge in [-0.2, -0.15) is 0 Å². The van der Waals surface area contributed by atoms with Crippen molar-refractivity contribution in [2.75, 3.05) is 0 Å². The molecule has 0 spiro atoms. The van der Waals surface area contributed by atoms with Gasteiger partial charge < -0.3 is 15.0 Å². The Hall–Kier alpha value is -2.60. The van der Waals surface area contributed by atoms with Gasteiger partial charge in [-0.3, -0.25) is 9.59 Å². The van der Waals surface area contributed by atoms with Crippen LogP contribution in [0.5, 0.6) is 5.75 Å². The number of aromatic nitrogens is 1. The summed E-state index contributed by atoms with van der Waals surface area (Å²) in [6.07, 6.45) is 9.64. The number of hydrogen-bond donors (Lipinski definition) is 1. The van der Waals surface area contributed by atoms with Crippen molar-refractivity contribution in [1.82, 2.24) is 4.57 Å². The van der Waals surface area contributed by atoms with E-state index < -0.39 is 0 Å². The van der Waals surface area contributed by atoms with Crippen molar-refractivity contribution in [1.29, 1.82) is 0 Å². The van der Waals surface area contributed by atoms with Crippen LogP contribution in [0.3, 0.4) is 0 Å². The summed E-state index contributed by atoms with van der Waals surface area (Å²) in [5.74, 6) is 0.230. The van der Waals surface area contributed by atoms with Gasteiger partial charge in [0.15, 0.2) is 0 Å². The normalized spacial score (nSPS) is 9.23. The Morgan fingerprint density at radius 3 is 2.26 bits per heavy atom. The molecular weight excluding hydrogens is 456 g/mol. The fourth-order valence-corrected chi connectivity index (χ4v) is 2.49. The average Bonchev–Trinajstić information content (AvgIpc) is 2.77. The number of amides is 1. The number of carbonyl (C=O) groups excluding carboxylic acids is 1. The predicted molar refractivity (Wildman–Crippen MR) is 135 cm³/mol. The largest absolute Gasteiger partial charge is 0.487 e. The molecule has 1 amide bonds. The average molecular weight is 493 g/mol. The van der Waals surface area contributed by atoms with Crippen LogP contribution in [0.1, 0.15) is 53.0 Å². The van der Waals surface area contributed by atoms with Crippen LogP contribution < -0.4 is 16.0 Å². The fraction of sp³-hybridized carbons (Fsp3) is 0.360. The van der Waals surface area contributed by atoms with Crippen LogP contribution >= 0.6 is 15.9 Å². The third kappa shape index (κ3) is 15.8. The first-order chi connectivity index (χ1) is 14.9. The zero-order valence-corrected chi connectivity index (χ0v) is 21.0. The van der Waals surface area contributed by atoms with E-state index in [-0.39, 0.29) is 11.5 Å². The molecule has 5 nitrogen and oxygen atoms in total. The number of benzene rings is 1. The zero-order chi connectivity index (χ0) is 24.1. The number of rotatable bonds is 7. The highest BCUT2D eigenvalue weighted by Gasteiger charge is 2.08. The van der Waals surface area contributed by atoms with Crippen molar-refractivity contribution in [3.63, 3.8) is 0 Å². The summed E-state index contributed by atoms with van der Waals surface area (Å²) in [5, 5.41) is 0. The van der Waals surface area contributed by atoms with Crippen LogP contribution in [0.25, 0.3) is 0 Å². The lowest BCUT2D eigenvalue weighted by Crippen LogP contribution is -2.20. The van der Waals surface area contributed by atoms with E-state index in [4.69, 9.17) is 4.74 Å². The Kier molecular flexibility index (Phi) is 20.4. The van der Waals surface area contributed by atoms with Crippen molar-refractivity contribution in [2.45, 2.75) is 60.6 Å². The highest BCUT2D eigenvalue weighted by Crippen LogP contribution is 2.21. The van der Waals surface area contributed by atoms with Crippen molar-refractivity contribution in [3.05, 3.63) is 87.8 Å². The number of halogens is 1. The molecule has 0 unspecified atom stereocenters. The smallest absolute Gasteiger partial charge is 0.268 e. The van der Waals surface area contributed by atoms with Gasteiger partial charge in [0.05, 0.1) is 0 Å². The van der Waals surface area contributed by atoms with Crippen molar-refractivity contribution in [2.24, 2.45) is 5.73 Å². The van der Waals surface area contributed by atoms with Gasteiger partial charge in [-0.05, 0) is 47.3 Å². The third-order valence-electron chi connectivity index (χ3n) is 3.35. The van der Waals surface area contributed by atoms with Crippen LogP contribution in [0, 0.1) is 0 Å². The maximum absolute atomic E-state index is 12.1. The highest BCUT2D eigenvalue weighted by atomic mass is 79.9. The van der Waals surface area contributed by atoms with Gasteiger partial charge in [-0.25, -0.2) is 0 Å². The van der Waals surface area contributed by atoms with Gasteiger partial charge in [0.25, 0.3) is 5.56 Å². The minimum Gasteiger partial charge on any atom is -0.487 e. The zero-order valence-electron chi connectivity index (χ0n) is 19.4. The van der Waals surface area contributed by atoms with Crippen LogP contribution in [0.15, 0.2) is 76.7 Å². The van der Waals surface area contributed by atoms with E-state index in [0.29, 0.717) is 23.4 Å². The van der Waals surface area contributed by atoms with Gasteiger partial charge in [-0.1, -0.05) is 69.3 Å². The molecule has 1 aromatic carbocycles. The molecular formula is C25H37BrN2O3. The second-order valence-electron chi connectivity index (χ2n) is 5.93. The quantitative estimate of drug-likeness (QED) is 0.463. The lowest BCUT2D eigenvalue weighted by atomic mass is 10.2. The number of primary amides is 1. The maximum atomic E-state index is 12.1. The molecule has 2 aromatic rings. The van der Waals surface area contributed by atoms with Crippen LogP contribution in [0.4, 0.5) is 0 Å². The van der Waals surface area contributed by atoms with Gasteiger partial charge in [-0.15, -0.1) is 6.58 Å². The number of allylic oxidation sites excluding steroid dienone is 3. The monoisotopic (exact) mass is 492 g/mol. The number of pyridine rings is 1. The van der Waals surface area contributed by atoms with E-state index >= 15 is 0 Å². The summed E-state index contributed by atoms with van der Waals surface area (Å²) in [6.45, 7) is 14.2. The van der Waals surface area contributed by atoms with Crippen molar-refractivity contribution < 1.29 is 9.53 Å². The van der Waals surface area contributed by atoms with Crippen LogP contribution in [0.2, 0.25) is 0 Å². The first-order valence-corrected chi connectivity index (χ1v) is 11.2. The van der Waals surface area contributed by atoms with Gasteiger partial charge in [0.1, 0.15) is 16.8 Å². The van der Waals surface area contributed by atoms with Gasteiger partial charge >= 0.3 is 0 Å². The molecule has 0 aliphatic carbocycles. The molecule has 1 heterocycles. The van der Waals surface area contributed by atoms with E-state index in [1.807, 2.05) is 51.1 Å².